The highest BCUT2D eigenvalue weighted by Crippen LogP contribution is 2.26. The molecule has 1 rings (SSSR count). The summed E-state index contributed by atoms with van der Waals surface area (Å²) in [5, 5.41) is 5.65. The molecule has 5 heteroatoms. The minimum atomic E-state index is -0.401. The topological polar surface area (TPSA) is 50.4 Å². The molecule has 0 aromatic heterocycles. The third-order valence-electron chi connectivity index (χ3n) is 2.41. The monoisotopic (exact) mass is 268 g/mol. The Morgan fingerprint density at radius 3 is 2.79 bits per heavy atom. The quantitative estimate of drug-likeness (QED) is 0.747. The number of ether oxygens (including phenoxy) is 1. The van der Waals surface area contributed by atoms with Crippen LogP contribution in [0.15, 0.2) is 18.2 Å². The highest BCUT2D eigenvalue weighted by atomic mass is 19.1. The number of anilines is 1. The molecular formula is C14H21FN2O2. The van der Waals surface area contributed by atoms with Crippen molar-refractivity contribution in [1.29, 1.82) is 0 Å². The Balaban J connectivity index is 2.69. The summed E-state index contributed by atoms with van der Waals surface area (Å²) in [4.78, 5) is 11.7. The Kier molecular flexibility index (Phi) is 6.29. The van der Waals surface area contributed by atoms with Crippen LogP contribution in [0.2, 0.25) is 0 Å². The number of amides is 1. The molecule has 106 valence electrons. The van der Waals surface area contributed by atoms with E-state index in [2.05, 4.69) is 10.6 Å². The van der Waals surface area contributed by atoms with Crippen LogP contribution < -0.4 is 15.4 Å². The molecule has 1 amide bonds. The predicted octanol–water partition coefficient (Wildman–Crippen LogP) is 2.55. The molecule has 0 fully saturated rings. The van der Waals surface area contributed by atoms with Crippen LogP contribution in [0, 0.1) is 5.82 Å². The van der Waals surface area contributed by atoms with E-state index in [1.54, 1.807) is 0 Å². The Bertz CT molecular complexity index is 422. The molecule has 0 saturated carbocycles. The van der Waals surface area contributed by atoms with Crippen molar-refractivity contribution in [2.45, 2.75) is 32.8 Å². The van der Waals surface area contributed by atoms with Crippen molar-refractivity contribution < 1.29 is 13.9 Å². The van der Waals surface area contributed by atoms with Gasteiger partial charge in [0.15, 0.2) is 0 Å². The first kappa shape index (κ1) is 15.4. The zero-order valence-electron chi connectivity index (χ0n) is 11.6. The van der Waals surface area contributed by atoms with Gasteiger partial charge in [0.1, 0.15) is 11.6 Å². The lowest BCUT2D eigenvalue weighted by molar-refractivity contribution is -0.116. The fraction of sp³-hybridized carbons (Fsp3) is 0.500. The normalized spacial score (nSPS) is 10.6. The van der Waals surface area contributed by atoms with Gasteiger partial charge in [-0.15, -0.1) is 0 Å². The third kappa shape index (κ3) is 5.70. The first-order valence-electron chi connectivity index (χ1n) is 6.43. The lowest BCUT2D eigenvalue weighted by atomic mass is 10.2. The molecule has 0 unspecified atom stereocenters. The lowest BCUT2D eigenvalue weighted by Gasteiger charge is -2.15. The molecular weight excluding hydrogens is 247 g/mol. The van der Waals surface area contributed by atoms with E-state index in [4.69, 9.17) is 4.74 Å². The number of carbonyl (C=O) groups is 1. The van der Waals surface area contributed by atoms with E-state index in [0.29, 0.717) is 17.9 Å². The van der Waals surface area contributed by atoms with Crippen LogP contribution in [0.3, 0.4) is 0 Å². The van der Waals surface area contributed by atoms with Crippen LogP contribution in [-0.4, -0.2) is 25.6 Å². The lowest BCUT2D eigenvalue weighted by Crippen LogP contribution is -2.16. The Labute approximate surface area is 113 Å². The zero-order chi connectivity index (χ0) is 14.3. The predicted molar refractivity (Wildman–Crippen MR) is 74.0 cm³/mol. The van der Waals surface area contributed by atoms with E-state index < -0.39 is 5.82 Å². The molecule has 19 heavy (non-hydrogen) atoms. The summed E-state index contributed by atoms with van der Waals surface area (Å²) in [6.07, 6.45) is 1.08. The number of hydrogen-bond acceptors (Lipinski definition) is 3. The number of benzene rings is 1. The molecule has 0 atom stereocenters. The van der Waals surface area contributed by atoms with E-state index in [1.165, 1.54) is 18.2 Å². The van der Waals surface area contributed by atoms with Gasteiger partial charge in [-0.3, -0.25) is 4.79 Å². The SMILES string of the molecule is CNCCCC(=O)Nc1cc(F)ccc1OC(C)C. The molecule has 0 aliphatic rings. The fourth-order valence-electron chi connectivity index (χ4n) is 1.60. The molecule has 1 aromatic rings. The maximum Gasteiger partial charge on any atom is 0.224 e. The average Bonchev–Trinajstić information content (AvgIpc) is 2.32. The Hall–Kier alpha value is -1.62. The standard InChI is InChI=1S/C14H21FN2O2/c1-10(2)19-13-7-6-11(15)9-12(13)17-14(18)5-4-8-16-3/h6-7,9-10,16H,4-5,8H2,1-3H3,(H,17,18). The average molecular weight is 268 g/mol. The number of rotatable bonds is 7. The van der Waals surface area contributed by atoms with Gasteiger partial charge in [-0.05, 0) is 46.0 Å². The van der Waals surface area contributed by atoms with Crippen LogP contribution in [-0.2, 0) is 4.79 Å². The molecule has 0 saturated heterocycles. The molecule has 0 radical (unpaired) electrons. The molecule has 2 N–H and O–H groups in total. The van der Waals surface area contributed by atoms with E-state index in [1.807, 2.05) is 20.9 Å². The smallest absolute Gasteiger partial charge is 0.224 e. The summed E-state index contributed by atoms with van der Waals surface area (Å²) >= 11 is 0. The summed E-state index contributed by atoms with van der Waals surface area (Å²) in [7, 11) is 1.83. The summed E-state index contributed by atoms with van der Waals surface area (Å²) in [5.41, 5.74) is 0.378. The first-order valence-corrected chi connectivity index (χ1v) is 6.43. The molecule has 0 bridgehead atoms. The summed E-state index contributed by atoms with van der Waals surface area (Å²) in [5.74, 6) is -0.0607. The van der Waals surface area contributed by atoms with Gasteiger partial charge in [-0.25, -0.2) is 4.39 Å². The van der Waals surface area contributed by atoms with Crippen molar-refractivity contribution in [3.63, 3.8) is 0 Å². The second kappa shape index (κ2) is 7.74. The van der Waals surface area contributed by atoms with Gasteiger partial charge in [-0.1, -0.05) is 0 Å². The molecule has 0 heterocycles. The maximum absolute atomic E-state index is 13.2. The minimum Gasteiger partial charge on any atom is -0.489 e. The molecule has 4 nitrogen and oxygen atoms in total. The highest BCUT2D eigenvalue weighted by Gasteiger charge is 2.10. The van der Waals surface area contributed by atoms with Crippen LogP contribution in [0.5, 0.6) is 5.75 Å². The Morgan fingerprint density at radius 1 is 1.42 bits per heavy atom. The maximum atomic E-state index is 13.2. The van der Waals surface area contributed by atoms with Crippen molar-refractivity contribution >= 4 is 11.6 Å². The van der Waals surface area contributed by atoms with Gasteiger partial charge in [-0.2, -0.15) is 0 Å². The van der Waals surface area contributed by atoms with Gasteiger partial charge in [0.25, 0.3) is 0 Å². The first-order chi connectivity index (χ1) is 9.02. The van der Waals surface area contributed by atoms with Crippen molar-refractivity contribution in [3.8, 4) is 5.75 Å². The fourth-order valence-corrected chi connectivity index (χ4v) is 1.60. The van der Waals surface area contributed by atoms with Gasteiger partial charge in [0.05, 0.1) is 11.8 Å². The van der Waals surface area contributed by atoms with Crippen LogP contribution in [0.4, 0.5) is 10.1 Å². The van der Waals surface area contributed by atoms with Gasteiger partial charge >= 0.3 is 0 Å². The zero-order valence-corrected chi connectivity index (χ0v) is 11.6. The number of nitrogens with one attached hydrogen (secondary N) is 2. The highest BCUT2D eigenvalue weighted by molar-refractivity contribution is 5.92. The minimum absolute atomic E-state index is 0.0367. The van der Waals surface area contributed by atoms with Crippen LogP contribution in [0.1, 0.15) is 26.7 Å². The van der Waals surface area contributed by atoms with Crippen molar-refractivity contribution in [1.82, 2.24) is 5.32 Å². The van der Waals surface area contributed by atoms with E-state index in [0.717, 1.165) is 13.0 Å². The second-order valence-electron chi connectivity index (χ2n) is 4.56. The van der Waals surface area contributed by atoms with Gasteiger partial charge < -0.3 is 15.4 Å². The summed E-state index contributed by atoms with van der Waals surface area (Å²) in [6, 6.07) is 4.11. The van der Waals surface area contributed by atoms with Crippen LogP contribution >= 0.6 is 0 Å². The van der Waals surface area contributed by atoms with Gasteiger partial charge in [0, 0.05) is 12.5 Å². The molecule has 0 spiro atoms. The van der Waals surface area contributed by atoms with Crippen molar-refractivity contribution in [2.75, 3.05) is 18.9 Å². The Morgan fingerprint density at radius 2 is 2.16 bits per heavy atom. The molecule has 0 aliphatic heterocycles. The third-order valence-corrected chi connectivity index (χ3v) is 2.41. The number of halogens is 1. The summed E-state index contributed by atoms with van der Waals surface area (Å²) in [6.45, 7) is 4.52. The second-order valence-corrected chi connectivity index (χ2v) is 4.56. The number of hydrogen-bond donors (Lipinski definition) is 2. The molecule has 1 aromatic carbocycles. The summed E-state index contributed by atoms with van der Waals surface area (Å²) < 4.78 is 18.8. The van der Waals surface area contributed by atoms with E-state index >= 15 is 0 Å². The van der Waals surface area contributed by atoms with Gasteiger partial charge in [0.2, 0.25) is 5.91 Å². The van der Waals surface area contributed by atoms with Crippen molar-refractivity contribution in [3.05, 3.63) is 24.0 Å². The van der Waals surface area contributed by atoms with E-state index in [9.17, 15) is 9.18 Å². The molecule has 0 aliphatic carbocycles. The number of carbonyl (C=O) groups excluding carboxylic acids is 1. The van der Waals surface area contributed by atoms with Crippen molar-refractivity contribution in [2.24, 2.45) is 0 Å². The largest absolute Gasteiger partial charge is 0.489 e. The van der Waals surface area contributed by atoms with Crippen LogP contribution in [0.25, 0.3) is 0 Å². The van der Waals surface area contributed by atoms with E-state index in [-0.39, 0.29) is 12.0 Å².